The predicted molar refractivity (Wildman–Crippen MR) is 306 cm³/mol. The van der Waals surface area contributed by atoms with E-state index in [9.17, 15) is 14.4 Å². The molecule has 0 aromatic carbocycles. The van der Waals surface area contributed by atoms with Crippen LogP contribution in [0.3, 0.4) is 0 Å². The lowest BCUT2D eigenvalue weighted by molar-refractivity contribution is -0.166. The third-order valence-electron chi connectivity index (χ3n) is 11.9. The SMILES string of the molecule is CC/C=C\C/C=C\C/C=C\C/C=C\CCCCCCCCC(=O)OC(COC(=O)CC/C=C\C/C=C\C/C=C\C/C=C\CC)COC(=O)CCCCCCCCCCC/C=C\C/C=C\CCCCCCC. The van der Waals surface area contributed by atoms with Gasteiger partial charge in [0.05, 0.1) is 0 Å². The van der Waals surface area contributed by atoms with E-state index >= 15 is 0 Å². The van der Waals surface area contributed by atoms with Gasteiger partial charge in [-0.2, -0.15) is 0 Å². The molecule has 1 atom stereocenters. The third kappa shape index (κ3) is 56.6. The van der Waals surface area contributed by atoms with E-state index in [-0.39, 0.29) is 37.5 Å². The van der Waals surface area contributed by atoms with Gasteiger partial charge in [0.2, 0.25) is 0 Å². The Morgan fingerprint density at radius 3 is 0.944 bits per heavy atom. The molecule has 0 aliphatic heterocycles. The zero-order chi connectivity index (χ0) is 51.4. The van der Waals surface area contributed by atoms with Gasteiger partial charge < -0.3 is 14.2 Å². The molecule has 0 saturated carbocycles. The van der Waals surface area contributed by atoms with E-state index < -0.39 is 6.10 Å². The fraction of sp³-hybridized carbons (Fsp3) is 0.646. The Morgan fingerprint density at radius 2 is 0.577 bits per heavy atom. The summed E-state index contributed by atoms with van der Waals surface area (Å²) in [4.78, 5) is 38.1. The molecule has 0 aliphatic rings. The number of ether oxygens (including phenoxy) is 3. The molecule has 6 nitrogen and oxygen atoms in total. The molecule has 0 rings (SSSR count). The molecule has 0 saturated heterocycles. The zero-order valence-corrected chi connectivity index (χ0v) is 45.9. The Morgan fingerprint density at radius 1 is 0.296 bits per heavy atom. The van der Waals surface area contributed by atoms with Crippen molar-refractivity contribution < 1.29 is 28.6 Å². The molecule has 6 heteroatoms. The summed E-state index contributed by atoms with van der Waals surface area (Å²) < 4.78 is 16.8. The standard InChI is InChI=1S/C65H106O6/c1-4-7-10-13-16-19-22-25-27-29-31-32-34-35-37-40-43-46-49-52-55-58-64(67)70-61-62(60-69-63(66)57-54-51-48-45-42-39-24-21-18-15-12-9-6-3)71-65(68)59-56-53-50-47-44-41-38-36-33-30-28-26-23-20-17-14-11-8-5-2/h8-9,11-12,17-18,20-22,25-26,28-29,31,33,36,39,42,48,51,62H,4-7,10,13-16,19,23-24,27,30,32,34-35,37-38,40-41,43-47,49-50,52-61H2,1-3H3/b11-8-,12-9-,20-17-,21-18-,25-22-,28-26-,31-29-,36-33-,42-39-,51-48-. The smallest absolute Gasteiger partial charge is 0.306 e. The Hall–Kier alpha value is -4.19. The average molecular weight is 984 g/mol. The maximum atomic E-state index is 12.9. The Labute approximate surface area is 437 Å². The maximum absolute atomic E-state index is 12.9. The number of carbonyl (C=O) groups excluding carboxylic acids is 3. The van der Waals surface area contributed by atoms with Gasteiger partial charge in [-0.05, 0) is 116 Å². The summed E-state index contributed by atoms with van der Waals surface area (Å²) in [5, 5.41) is 0. The first kappa shape index (κ1) is 66.8. The molecule has 0 N–H and O–H groups in total. The summed E-state index contributed by atoms with van der Waals surface area (Å²) in [5.41, 5.74) is 0. The molecule has 0 amide bonds. The Balaban J connectivity index is 4.46. The molecule has 402 valence electrons. The van der Waals surface area contributed by atoms with Crippen molar-refractivity contribution in [3.63, 3.8) is 0 Å². The largest absolute Gasteiger partial charge is 0.462 e. The molecule has 0 radical (unpaired) electrons. The van der Waals surface area contributed by atoms with Crippen LogP contribution < -0.4 is 0 Å². The highest BCUT2D eigenvalue weighted by atomic mass is 16.6. The summed E-state index contributed by atoms with van der Waals surface area (Å²) in [6.07, 6.45) is 80.6. The quantitative estimate of drug-likeness (QED) is 0.0261. The minimum Gasteiger partial charge on any atom is -0.462 e. The zero-order valence-electron chi connectivity index (χ0n) is 45.9. The first-order valence-electron chi connectivity index (χ1n) is 29.0. The minimum absolute atomic E-state index is 0.111. The Bertz CT molecular complexity index is 1500. The van der Waals surface area contributed by atoms with Crippen molar-refractivity contribution in [3.05, 3.63) is 122 Å². The van der Waals surface area contributed by atoms with Crippen LogP contribution in [0.5, 0.6) is 0 Å². The van der Waals surface area contributed by atoms with E-state index in [1.54, 1.807) is 0 Å². The van der Waals surface area contributed by atoms with Crippen molar-refractivity contribution >= 4 is 17.9 Å². The van der Waals surface area contributed by atoms with Gasteiger partial charge in [0.25, 0.3) is 0 Å². The average Bonchev–Trinajstić information content (AvgIpc) is 3.37. The number of unbranched alkanes of at least 4 members (excludes halogenated alkanes) is 20. The number of rotatable bonds is 51. The molecule has 0 fully saturated rings. The molecule has 0 aliphatic carbocycles. The van der Waals surface area contributed by atoms with Gasteiger partial charge in [-0.3, -0.25) is 14.4 Å². The molecule has 71 heavy (non-hydrogen) atoms. The third-order valence-corrected chi connectivity index (χ3v) is 11.9. The van der Waals surface area contributed by atoms with Gasteiger partial charge in [0, 0.05) is 19.3 Å². The van der Waals surface area contributed by atoms with Gasteiger partial charge in [0.1, 0.15) is 13.2 Å². The van der Waals surface area contributed by atoms with Crippen LogP contribution in [-0.4, -0.2) is 37.2 Å². The van der Waals surface area contributed by atoms with E-state index in [1.807, 2.05) is 12.2 Å². The van der Waals surface area contributed by atoms with Crippen LogP contribution in [0.1, 0.15) is 252 Å². The highest BCUT2D eigenvalue weighted by Gasteiger charge is 2.19. The molecular formula is C65H106O6. The fourth-order valence-corrected chi connectivity index (χ4v) is 7.65. The maximum Gasteiger partial charge on any atom is 0.306 e. The van der Waals surface area contributed by atoms with Crippen molar-refractivity contribution in [1.29, 1.82) is 0 Å². The Kier molecular flexibility index (Phi) is 54.9. The number of carbonyl (C=O) groups is 3. The van der Waals surface area contributed by atoms with Crippen molar-refractivity contribution in [1.82, 2.24) is 0 Å². The second-order valence-corrected chi connectivity index (χ2v) is 18.8. The number of allylic oxidation sites excluding steroid dienone is 20. The van der Waals surface area contributed by atoms with E-state index in [1.165, 1.54) is 96.3 Å². The van der Waals surface area contributed by atoms with Gasteiger partial charge in [0.15, 0.2) is 6.10 Å². The summed E-state index contributed by atoms with van der Waals surface area (Å²) in [5.74, 6) is -1.02. The molecular weight excluding hydrogens is 877 g/mol. The second-order valence-electron chi connectivity index (χ2n) is 18.8. The number of hydrogen-bond acceptors (Lipinski definition) is 6. The molecule has 0 aromatic rings. The van der Waals surface area contributed by atoms with E-state index in [2.05, 4.69) is 130 Å². The second kappa shape index (κ2) is 58.4. The van der Waals surface area contributed by atoms with Crippen LogP contribution in [0.2, 0.25) is 0 Å². The van der Waals surface area contributed by atoms with Crippen LogP contribution in [0.15, 0.2) is 122 Å². The van der Waals surface area contributed by atoms with Crippen LogP contribution in [0.25, 0.3) is 0 Å². The molecule has 1 unspecified atom stereocenters. The molecule has 0 spiro atoms. The van der Waals surface area contributed by atoms with Gasteiger partial charge >= 0.3 is 17.9 Å². The predicted octanol–water partition coefficient (Wildman–Crippen LogP) is 19.6. The lowest BCUT2D eigenvalue weighted by Gasteiger charge is -2.18. The molecule has 0 heterocycles. The van der Waals surface area contributed by atoms with Gasteiger partial charge in [-0.15, -0.1) is 0 Å². The first-order chi connectivity index (χ1) is 35.0. The lowest BCUT2D eigenvalue weighted by atomic mass is 10.1. The van der Waals surface area contributed by atoms with E-state index in [4.69, 9.17) is 14.2 Å². The fourth-order valence-electron chi connectivity index (χ4n) is 7.65. The van der Waals surface area contributed by atoms with Gasteiger partial charge in [-0.25, -0.2) is 0 Å². The van der Waals surface area contributed by atoms with Crippen molar-refractivity contribution in [2.24, 2.45) is 0 Å². The summed E-state index contributed by atoms with van der Waals surface area (Å²) >= 11 is 0. The summed E-state index contributed by atoms with van der Waals surface area (Å²) in [7, 11) is 0. The minimum atomic E-state index is -0.820. The summed E-state index contributed by atoms with van der Waals surface area (Å²) in [6.45, 7) is 6.32. The van der Waals surface area contributed by atoms with Crippen LogP contribution in [0.4, 0.5) is 0 Å². The topological polar surface area (TPSA) is 78.9 Å². The van der Waals surface area contributed by atoms with E-state index in [0.717, 1.165) is 109 Å². The normalized spacial score (nSPS) is 13.0. The van der Waals surface area contributed by atoms with Crippen molar-refractivity contribution in [2.75, 3.05) is 13.2 Å². The molecule has 0 bridgehead atoms. The van der Waals surface area contributed by atoms with Crippen LogP contribution >= 0.6 is 0 Å². The van der Waals surface area contributed by atoms with Crippen LogP contribution in [-0.2, 0) is 28.6 Å². The lowest BCUT2D eigenvalue weighted by Crippen LogP contribution is -2.30. The number of hydrogen-bond donors (Lipinski definition) is 0. The van der Waals surface area contributed by atoms with Gasteiger partial charge in [-0.1, -0.05) is 239 Å². The van der Waals surface area contributed by atoms with Crippen LogP contribution in [0, 0.1) is 0 Å². The summed E-state index contributed by atoms with van der Waals surface area (Å²) in [6, 6.07) is 0. The number of esters is 3. The monoisotopic (exact) mass is 983 g/mol. The first-order valence-corrected chi connectivity index (χ1v) is 29.0. The van der Waals surface area contributed by atoms with Crippen molar-refractivity contribution in [2.45, 2.75) is 258 Å². The molecule has 0 aromatic heterocycles. The van der Waals surface area contributed by atoms with E-state index in [0.29, 0.717) is 19.3 Å². The highest BCUT2D eigenvalue weighted by Crippen LogP contribution is 2.14. The highest BCUT2D eigenvalue weighted by molar-refractivity contribution is 5.71. The van der Waals surface area contributed by atoms with Crippen molar-refractivity contribution in [3.8, 4) is 0 Å².